The molecule has 1 aliphatic carbocycles. The van der Waals surface area contributed by atoms with Crippen LogP contribution in [0.4, 0.5) is 24.5 Å². The molecule has 1 fully saturated rings. The molecular formula is C23H17F3N2O3. The molecule has 2 aliphatic heterocycles. The Labute approximate surface area is 175 Å². The quantitative estimate of drug-likeness (QED) is 0.652. The second-order valence-corrected chi connectivity index (χ2v) is 8.02. The summed E-state index contributed by atoms with van der Waals surface area (Å²) in [5, 5.41) is 0. The Kier molecular flexibility index (Phi) is 4.12. The molecule has 2 aromatic carbocycles. The van der Waals surface area contributed by atoms with Crippen molar-refractivity contribution < 1.29 is 27.6 Å². The highest BCUT2D eigenvalue weighted by Crippen LogP contribution is 2.53. The van der Waals surface area contributed by atoms with Crippen molar-refractivity contribution in [1.82, 2.24) is 0 Å². The van der Waals surface area contributed by atoms with E-state index in [1.165, 1.54) is 6.07 Å². The van der Waals surface area contributed by atoms with E-state index < -0.39 is 41.8 Å². The van der Waals surface area contributed by atoms with Gasteiger partial charge in [0.05, 0.1) is 29.3 Å². The van der Waals surface area contributed by atoms with E-state index in [0.29, 0.717) is 21.7 Å². The summed E-state index contributed by atoms with van der Waals surface area (Å²) in [4.78, 5) is 40.9. The number of hydrogen-bond donors (Lipinski definition) is 0. The highest BCUT2D eigenvalue weighted by atomic mass is 19.4. The van der Waals surface area contributed by atoms with Crippen LogP contribution in [0.25, 0.3) is 5.57 Å². The smallest absolute Gasteiger partial charge is 0.296 e. The first-order chi connectivity index (χ1) is 14.7. The molecule has 0 spiro atoms. The van der Waals surface area contributed by atoms with Crippen LogP contribution in [0.5, 0.6) is 0 Å². The zero-order valence-corrected chi connectivity index (χ0v) is 16.3. The fourth-order valence-corrected chi connectivity index (χ4v) is 5.11. The molecule has 0 unspecified atom stereocenters. The van der Waals surface area contributed by atoms with E-state index in [0.717, 1.165) is 4.90 Å². The van der Waals surface area contributed by atoms with Gasteiger partial charge in [-0.25, -0.2) is 4.90 Å². The Morgan fingerprint density at radius 3 is 2.19 bits per heavy atom. The summed E-state index contributed by atoms with van der Waals surface area (Å²) >= 11 is 0. The van der Waals surface area contributed by atoms with Crippen molar-refractivity contribution in [1.29, 1.82) is 0 Å². The third-order valence-corrected chi connectivity index (χ3v) is 6.29. The number of fused-ring (bicyclic) bond motifs is 5. The van der Waals surface area contributed by atoms with Gasteiger partial charge in [0, 0.05) is 5.56 Å². The second-order valence-electron chi connectivity index (χ2n) is 8.02. The molecule has 4 atom stereocenters. The summed E-state index contributed by atoms with van der Waals surface area (Å²) in [5.74, 6) is -5.41. The predicted molar refractivity (Wildman–Crippen MR) is 107 cm³/mol. The van der Waals surface area contributed by atoms with Gasteiger partial charge in [-0.2, -0.15) is 13.2 Å². The minimum atomic E-state index is -5.12. The Morgan fingerprint density at radius 2 is 1.52 bits per heavy atom. The van der Waals surface area contributed by atoms with Crippen LogP contribution in [-0.4, -0.2) is 29.9 Å². The molecule has 158 valence electrons. The van der Waals surface area contributed by atoms with Gasteiger partial charge in [-0.15, -0.1) is 0 Å². The first kappa shape index (κ1) is 19.5. The molecule has 8 heteroatoms. The van der Waals surface area contributed by atoms with Gasteiger partial charge >= 0.3 is 12.1 Å². The number of anilines is 2. The van der Waals surface area contributed by atoms with Crippen molar-refractivity contribution in [3.63, 3.8) is 0 Å². The summed E-state index contributed by atoms with van der Waals surface area (Å²) < 4.78 is 40.6. The van der Waals surface area contributed by atoms with Gasteiger partial charge in [0.1, 0.15) is 0 Å². The van der Waals surface area contributed by atoms with E-state index in [9.17, 15) is 27.6 Å². The molecular weight excluding hydrogens is 409 g/mol. The van der Waals surface area contributed by atoms with Crippen molar-refractivity contribution in [2.75, 3.05) is 9.80 Å². The van der Waals surface area contributed by atoms with E-state index in [2.05, 4.69) is 0 Å². The van der Waals surface area contributed by atoms with Crippen LogP contribution >= 0.6 is 0 Å². The van der Waals surface area contributed by atoms with E-state index in [1.807, 2.05) is 0 Å². The maximum atomic E-state index is 13.5. The second kappa shape index (κ2) is 6.54. The summed E-state index contributed by atoms with van der Waals surface area (Å²) in [5.41, 5.74) is 1.43. The van der Waals surface area contributed by atoms with E-state index >= 15 is 0 Å². The summed E-state index contributed by atoms with van der Waals surface area (Å²) in [7, 11) is 0. The van der Waals surface area contributed by atoms with Gasteiger partial charge in [-0.05, 0) is 29.7 Å². The lowest BCUT2D eigenvalue weighted by molar-refractivity contribution is -0.171. The van der Waals surface area contributed by atoms with Crippen molar-refractivity contribution in [3.8, 4) is 0 Å². The van der Waals surface area contributed by atoms with Crippen molar-refractivity contribution >= 4 is 34.7 Å². The number of carbonyl (C=O) groups excluding carboxylic acids is 3. The molecule has 2 aromatic rings. The molecule has 0 aromatic heterocycles. The molecule has 5 rings (SSSR count). The molecule has 3 amide bonds. The Balaban J connectivity index is 1.68. The van der Waals surface area contributed by atoms with Gasteiger partial charge < -0.3 is 0 Å². The highest BCUT2D eigenvalue weighted by molar-refractivity contribution is 6.24. The van der Waals surface area contributed by atoms with Gasteiger partial charge in [0.15, 0.2) is 0 Å². The summed E-state index contributed by atoms with van der Waals surface area (Å²) in [6.45, 7) is 1.78. The van der Waals surface area contributed by atoms with Crippen LogP contribution in [-0.2, 0) is 14.4 Å². The van der Waals surface area contributed by atoms with Crippen molar-refractivity contribution in [3.05, 3.63) is 66.2 Å². The Hall–Kier alpha value is -3.42. The lowest BCUT2D eigenvalue weighted by Gasteiger charge is -2.36. The lowest BCUT2D eigenvalue weighted by atomic mass is 9.71. The SMILES string of the molecule is C[C@H]1C=C2c3ccccc3N(C(=O)C(F)(F)F)[C@H]2[C@H]2C(=O)N(c3ccccc3)C(=O)[C@H]21. The maximum Gasteiger partial charge on any atom is 0.471 e. The maximum absolute atomic E-state index is 13.5. The molecule has 2 heterocycles. The highest BCUT2D eigenvalue weighted by Gasteiger charge is 2.61. The van der Waals surface area contributed by atoms with E-state index in [4.69, 9.17) is 0 Å². The van der Waals surface area contributed by atoms with Gasteiger partial charge in [0.25, 0.3) is 0 Å². The van der Waals surface area contributed by atoms with E-state index in [1.54, 1.807) is 61.5 Å². The number of rotatable bonds is 1. The number of nitrogens with zero attached hydrogens (tertiary/aromatic N) is 2. The van der Waals surface area contributed by atoms with Crippen LogP contribution in [0.3, 0.4) is 0 Å². The Bertz CT molecular complexity index is 1140. The molecule has 0 bridgehead atoms. The fourth-order valence-electron chi connectivity index (χ4n) is 5.11. The van der Waals surface area contributed by atoms with Crippen molar-refractivity contribution in [2.24, 2.45) is 17.8 Å². The molecule has 1 saturated heterocycles. The third-order valence-electron chi connectivity index (χ3n) is 6.29. The number of para-hydroxylation sites is 2. The number of amides is 3. The van der Waals surface area contributed by atoms with Crippen LogP contribution < -0.4 is 9.80 Å². The topological polar surface area (TPSA) is 57.7 Å². The molecule has 0 N–H and O–H groups in total. The molecule has 31 heavy (non-hydrogen) atoms. The normalized spacial score (nSPS) is 27.0. The molecule has 0 saturated carbocycles. The zero-order valence-electron chi connectivity index (χ0n) is 16.3. The minimum Gasteiger partial charge on any atom is -0.296 e. The molecule has 0 radical (unpaired) electrons. The van der Waals surface area contributed by atoms with Gasteiger partial charge in [-0.1, -0.05) is 49.4 Å². The number of benzene rings is 2. The lowest BCUT2D eigenvalue weighted by Crippen LogP contribution is -2.52. The first-order valence-electron chi connectivity index (χ1n) is 9.86. The summed E-state index contributed by atoms with van der Waals surface area (Å²) in [6.07, 6.45) is -3.39. The number of hydrogen-bond acceptors (Lipinski definition) is 3. The first-order valence-corrected chi connectivity index (χ1v) is 9.86. The number of allylic oxidation sites excluding steroid dienone is 1. The third kappa shape index (κ3) is 2.67. The monoisotopic (exact) mass is 426 g/mol. The Morgan fingerprint density at radius 1 is 0.903 bits per heavy atom. The largest absolute Gasteiger partial charge is 0.471 e. The van der Waals surface area contributed by atoms with Crippen LogP contribution in [0, 0.1) is 17.8 Å². The van der Waals surface area contributed by atoms with Crippen molar-refractivity contribution in [2.45, 2.75) is 19.1 Å². The van der Waals surface area contributed by atoms with Crippen LogP contribution in [0.2, 0.25) is 0 Å². The zero-order chi connectivity index (χ0) is 22.1. The molecule has 5 nitrogen and oxygen atoms in total. The predicted octanol–water partition coefficient (Wildman–Crippen LogP) is 3.80. The average Bonchev–Trinajstić information content (AvgIpc) is 3.19. The number of halogens is 3. The number of carbonyl (C=O) groups is 3. The number of imide groups is 1. The van der Waals surface area contributed by atoms with Crippen LogP contribution in [0.15, 0.2) is 60.7 Å². The molecule has 3 aliphatic rings. The van der Waals surface area contributed by atoms with Crippen LogP contribution in [0.1, 0.15) is 12.5 Å². The fraction of sp³-hybridized carbons (Fsp3) is 0.261. The summed E-state index contributed by atoms with van der Waals surface area (Å²) in [6, 6.07) is 13.4. The average molecular weight is 426 g/mol. The van der Waals surface area contributed by atoms with Gasteiger partial charge in [0.2, 0.25) is 11.8 Å². The standard InChI is InChI=1S/C23H17F3N2O3/c1-12-11-15-14-9-5-6-10-16(14)28(22(31)23(24,25)26)19(15)18-17(12)20(29)27(21(18)30)13-7-3-2-4-8-13/h2-12,17-19H,1H3/t12-,17-,18-,19+/m0/s1. The minimum absolute atomic E-state index is 0.104. The van der Waals surface area contributed by atoms with E-state index in [-0.39, 0.29) is 11.6 Å². The number of alkyl halides is 3. The van der Waals surface area contributed by atoms with Gasteiger partial charge in [-0.3, -0.25) is 19.3 Å².